The number of hydrogen-bond acceptors (Lipinski definition) is 12. The minimum Gasteiger partial charge on any atom is -0.489 e. The highest BCUT2D eigenvalue weighted by Crippen LogP contribution is 2.41. The van der Waals surface area contributed by atoms with Gasteiger partial charge >= 0.3 is 30.4 Å². The number of fused-ring (bicyclic) bond motifs is 2. The Balaban J connectivity index is 0.000000252. The second kappa shape index (κ2) is 27.7. The Hall–Kier alpha value is -8.79. The molecule has 0 spiro atoms. The van der Waals surface area contributed by atoms with Crippen molar-refractivity contribution in [2.75, 3.05) is 49.1 Å². The third kappa shape index (κ3) is 19.1. The molecule has 6 aromatic rings. The van der Waals surface area contributed by atoms with Crippen LogP contribution < -0.4 is 34.1 Å². The second-order valence-electron chi connectivity index (χ2n) is 21.8. The maximum absolute atomic E-state index is 13.9. The number of aliphatic carboxylic acids is 1. The fraction of sp³-hybridized carbons (Fsp3) is 0.349. The van der Waals surface area contributed by atoms with Crippen molar-refractivity contribution >= 4 is 41.2 Å². The van der Waals surface area contributed by atoms with Gasteiger partial charge in [-0.2, -0.15) is 26.3 Å². The average molecular weight is 1190 g/mol. The normalized spacial score (nSPS) is 12.9. The number of nitrogens with zero attached hydrogens (tertiary/aromatic N) is 3. The quantitative estimate of drug-likeness (QED) is 0.0419. The predicted octanol–water partition coefficient (Wildman–Crippen LogP) is 13.0. The molecule has 2 aliphatic rings. The van der Waals surface area contributed by atoms with E-state index in [-0.39, 0.29) is 81.3 Å². The molecule has 0 bridgehead atoms. The summed E-state index contributed by atoms with van der Waals surface area (Å²) < 4.78 is 116. The Morgan fingerprint density at radius 2 is 1.01 bits per heavy atom. The van der Waals surface area contributed by atoms with Gasteiger partial charge in [0.15, 0.2) is 0 Å². The molecule has 22 heteroatoms. The van der Waals surface area contributed by atoms with E-state index in [9.17, 15) is 50.3 Å². The zero-order valence-corrected chi connectivity index (χ0v) is 47.7. The van der Waals surface area contributed by atoms with Gasteiger partial charge in [-0.3, -0.25) is 24.1 Å². The van der Waals surface area contributed by atoms with E-state index in [1.807, 2.05) is 0 Å². The molecule has 2 N–H and O–H groups in total. The number of halogens is 6. The topological polar surface area (TPSA) is 183 Å². The van der Waals surface area contributed by atoms with E-state index in [1.54, 1.807) is 148 Å². The fourth-order valence-corrected chi connectivity index (χ4v) is 8.89. The van der Waals surface area contributed by atoms with E-state index in [4.69, 9.17) is 33.5 Å². The van der Waals surface area contributed by atoms with Crippen molar-refractivity contribution in [2.45, 2.75) is 104 Å². The molecule has 452 valence electrons. The summed E-state index contributed by atoms with van der Waals surface area (Å²) in [7, 11) is 0. The second-order valence-corrected chi connectivity index (χ2v) is 21.8. The van der Waals surface area contributed by atoms with Gasteiger partial charge in [0.25, 0.3) is 0 Å². The van der Waals surface area contributed by atoms with Crippen LogP contribution in [0, 0.1) is 0 Å². The number of anilines is 2. The van der Waals surface area contributed by atoms with E-state index in [0.29, 0.717) is 60.0 Å². The van der Waals surface area contributed by atoms with Crippen LogP contribution in [0.3, 0.4) is 0 Å². The van der Waals surface area contributed by atoms with Gasteiger partial charge in [-0.05, 0) is 162 Å². The molecule has 8 rings (SSSR count). The number of carbonyl (C=O) groups excluding carboxylic acids is 4. The molecule has 3 amide bonds. The van der Waals surface area contributed by atoms with Crippen molar-refractivity contribution in [1.29, 1.82) is 0 Å². The number of benzene rings is 6. The summed E-state index contributed by atoms with van der Waals surface area (Å²) in [4.78, 5) is 66.2. The fourth-order valence-electron chi connectivity index (χ4n) is 8.89. The smallest absolute Gasteiger partial charge is 0.419 e. The Bertz CT molecular complexity index is 3310. The van der Waals surface area contributed by atoms with Gasteiger partial charge in [-0.25, -0.2) is 4.79 Å². The Labute approximate surface area is 488 Å². The molecular formula is C63H66F6N4O12. The van der Waals surface area contributed by atoms with Crippen molar-refractivity contribution in [1.82, 2.24) is 10.2 Å². The third-order valence-corrected chi connectivity index (χ3v) is 12.7. The van der Waals surface area contributed by atoms with Crippen LogP contribution in [-0.4, -0.2) is 90.3 Å². The number of rotatable bonds is 20. The summed E-state index contributed by atoms with van der Waals surface area (Å²) in [5, 5.41) is 11.5. The summed E-state index contributed by atoms with van der Waals surface area (Å²) >= 11 is 0. The number of carboxylic acid groups (broad SMARTS) is 1. The van der Waals surface area contributed by atoms with E-state index in [2.05, 4.69) is 5.32 Å². The summed E-state index contributed by atoms with van der Waals surface area (Å²) in [6.07, 6.45) is -9.05. The third-order valence-electron chi connectivity index (χ3n) is 12.7. The lowest BCUT2D eigenvalue weighted by Gasteiger charge is -2.29. The number of alkyl halides is 6. The highest BCUT2D eigenvalue weighted by Gasteiger charge is 2.37. The molecular weight excluding hydrogens is 1120 g/mol. The van der Waals surface area contributed by atoms with Gasteiger partial charge in [0.05, 0.1) is 30.5 Å². The lowest BCUT2D eigenvalue weighted by Crippen LogP contribution is -2.45. The van der Waals surface area contributed by atoms with Crippen LogP contribution >= 0.6 is 0 Å². The molecule has 0 fully saturated rings. The van der Waals surface area contributed by atoms with Gasteiger partial charge in [0.1, 0.15) is 65.5 Å². The first-order chi connectivity index (χ1) is 40.1. The number of hydrogen-bond donors (Lipinski definition) is 2. The van der Waals surface area contributed by atoms with Gasteiger partial charge in [0.2, 0.25) is 11.8 Å². The number of carbonyl (C=O) groups is 5. The maximum atomic E-state index is 13.9. The minimum atomic E-state index is -4.64. The van der Waals surface area contributed by atoms with Gasteiger partial charge < -0.3 is 48.6 Å². The monoisotopic (exact) mass is 1180 g/mol. The predicted molar refractivity (Wildman–Crippen MR) is 303 cm³/mol. The van der Waals surface area contributed by atoms with Crippen LogP contribution in [0.2, 0.25) is 0 Å². The SMILES string of the molecule is CC(C)(C)OC(=O)CCN(CC(=O)N1CCc2cc(OCc3ccc(Oc4ccccc4)c(C(F)(F)F)c3)ccc21)C(=O)OC(C)(C)C.O=C(O)CCNCC(=O)N1CCc2cc(OCc3ccc(Oc4ccccc4)c(C(F)(F)F)c3)ccc21. The van der Waals surface area contributed by atoms with Crippen LogP contribution in [0.5, 0.6) is 34.5 Å². The number of carboxylic acids is 1. The van der Waals surface area contributed by atoms with E-state index in [0.717, 1.165) is 28.9 Å². The summed E-state index contributed by atoms with van der Waals surface area (Å²) in [5.74, 6) is -1.09. The van der Waals surface area contributed by atoms with Gasteiger partial charge in [0, 0.05) is 37.6 Å². The molecule has 0 radical (unpaired) electrons. The molecule has 0 aromatic heterocycles. The largest absolute Gasteiger partial charge is 0.489 e. The van der Waals surface area contributed by atoms with Crippen LogP contribution in [0.25, 0.3) is 0 Å². The molecule has 2 aliphatic heterocycles. The summed E-state index contributed by atoms with van der Waals surface area (Å²) in [5.41, 5.74) is 0.377. The maximum Gasteiger partial charge on any atom is 0.419 e. The molecule has 0 unspecified atom stereocenters. The first kappa shape index (κ1) is 63.8. The van der Waals surface area contributed by atoms with Crippen LogP contribution in [-0.2, 0) is 67.1 Å². The lowest BCUT2D eigenvalue weighted by atomic mass is 10.1. The molecule has 16 nitrogen and oxygen atoms in total. The minimum absolute atomic E-state index is 0.0243. The lowest BCUT2D eigenvalue weighted by molar-refractivity contribution is -0.155. The Kier molecular flexibility index (Phi) is 20.8. The zero-order valence-electron chi connectivity index (χ0n) is 47.7. The van der Waals surface area contributed by atoms with Crippen molar-refractivity contribution in [3.8, 4) is 34.5 Å². The first-order valence-corrected chi connectivity index (χ1v) is 27.2. The molecule has 2 heterocycles. The Morgan fingerprint density at radius 3 is 1.45 bits per heavy atom. The highest BCUT2D eigenvalue weighted by atomic mass is 19.4. The molecule has 0 atom stereocenters. The number of nitrogens with one attached hydrogen (secondary N) is 1. The average Bonchev–Trinajstić information content (AvgIpc) is 3.90. The van der Waals surface area contributed by atoms with Crippen molar-refractivity contribution in [3.63, 3.8) is 0 Å². The number of para-hydroxylation sites is 2. The van der Waals surface area contributed by atoms with Gasteiger partial charge in [-0.1, -0.05) is 48.5 Å². The number of ether oxygens (including phenoxy) is 6. The number of amides is 3. The van der Waals surface area contributed by atoms with Crippen LogP contribution in [0.15, 0.2) is 133 Å². The molecule has 0 saturated carbocycles. The summed E-state index contributed by atoms with van der Waals surface area (Å²) in [6, 6.07) is 34.4. The molecule has 6 aromatic carbocycles. The van der Waals surface area contributed by atoms with Crippen LogP contribution in [0.1, 0.15) is 87.8 Å². The van der Waals surface area contributed by atoms with E-state index in [1.165, 1.54) is 29.2 Å². The summed E-state index contributed by atoms with van der Waals surface area (Å²) in [6.45, 7) is 10.8. The van der Waals surface area contributed by atoms with E-state index >= 15 is 0 Å². The standard InChI is InChI=1S/C36H41F3N2O7.C27H25F3N2O5/c1-34(2,3)47-32(43)17-18-40(33(44)48-35(4,5)6)22-31(42)41-19-16-25-21-27(13-14-29(25)41)45-23-24-12-15-30(28(20-24)36(37,38)39)46-26-10-8-7-9-11-26;28-27(29,30)22-14-18(6-9-24(22)37-20-4-2-1-3-5-20)17-36-21-7-8-23-19(15-21)11-13-32(23)25(33)16-31-12-10-26(34)35/h7-15,20-21H,16-19,22-23H2,1-6H3;1-9,14-15,31H,10-13,16-17H2,(H,34,35). The zero-order chi connectivity index (χ0) is 61.7. The van der Waals surface area contributed by atoms with Gasteiger partial charge in [-0.15, -0.1) is 0 Å². The molecule has 85 heavy (non-hydrogen) atoms. The Morgan fingerprint density at radius 1 is 0.553 bits per heavy atom. The highest BCUT2D eigenvalue weighted by molar-refractivity contribution is 5.98. The van der Waals surface area contributed by atoms with Crippen molar-refractivity contribution in [2.24, 2.45) is 0 Å². The van der Waals surface area contributed by atoms with E-state index < -0.39 is 52.7 Å². The molecule has 0 aliphatic carbocycles. The van der Waals surface area contributed by atoms with Crippen molar-refractivity contribution < 1.29 is 83.8 Å². The molecule has 0 saturated heterocycles. The van der Waals surface area contributed by atoms with Crippen molar-refractivity contribution in [3.05, 3.63) is 167 Å². The van der Waals surface area contributed by atoms with Crippen LogP contribution in [0.4, 0.5) is 42.5 Å². The number of esters is 1. The first-order valence-electron chi connectivity index (χ1n) is 27.2.